The molecule has 0 aromatic carbocycles. The van der Waals surface area contributed by atoms with Crippen molar-refractivity contribution in [3.63, 3.8) is 0 Å². The Morgan fingerprint density at radius 2 is 1.18 bits per heavy atom. The number of nitrogens with one attached hydrogen (secondary N) is 1. The topological polar surface area (TPSA) is 70.6 Å². The molecule has 0 spiro atoms. The predicted octanol–water partition coefficient (Wildman–Crippen LogP) is 6.43. The fraction of sp³-hybridized carbons (Fsp3) is 1.00. The Bertz CT molecular complexity index is 472. The smallest absolute Gasteiger partial charge is 0.268 e. The molecule has 2 unspecified atom stereocenters. The first-order valence-corrected chi connectivity index (χ1v) is 15.3. The van der Waals surface area contributed by atoms with Crippen molar-refractivity contribution in [1.82, 2.24) is 5.32 Å². The van der Waals surface area contributed by atoms with Crippen LogP contribution in [0.4, 0.5) is 0 Å². The largest absolute Gasteiger partial charge is 0.756 e. The lowest BCUT2D eigenvalue weighted by atomic mass is 10.00. The van der Waals surface area contributed by atoms with Crippen LogP contribution in [0.3, 0.4) is 0 Å². The minimum absolute atomic E-state index is 0.154. The van der Waals surface area contributed by atoms with E-state index in [9.17, 15) is 9.46 Å². The third-order valence-electron chi connectivity index (χ3n) is 6.08. The number of rotatable bonds is 25. The van der Waals surface area contributed by atoms with Crippen molar-refractivity contribution in [2.75, 3.05) is 47.4 Å². The minimum atomic E-state index is -4.19. The van der Waals surface area contributed by atoms with Gasteiger partial charge < -0.3 is 23.7 Å². The Balaban J connectivity index is 4.07. The standard InChI is InChI=1S/C26H57N2O4P/c1-6-8-10-12-13-14-16-18-21-26(20-17-15-11-9-7-2)27-22-19-24-31-33(29,30)32-25-23-28(3,4)5/h26-27H,6-25H2,1-5H3. The van der Waals surface area contributed by atoms with E-state index in [1.54, 1.807) is 0 Å². The molecule has 0 amide bonds. The molecular formula is C26H57N2O4P. The predicted molar refractivity (Wildman–Crippen MR) is 139 cm³/mol. The summed E-state index contributed by atoms with van der Waals surface area (Å²) in [5.74, 6) is 0. The van der Waals surface area contributed by atoms with Crippen LogP contribution in [0.15, 0.2) is 0 Å². The summed E-state index contributed by atoms with van der Waals surface area (Å²) in [6.45, 7) is 6.26. The zero-order chi connectivity index (χ0) is 24.8. The van der Waals surface area contributed by atoms with Crippen LogP contribution in [0.1, 0.15) is 117 Å². The van der Waals surface area contributed by atoms with Gasteiger partial charge >= 0.3 is 0 Å². The summed E-state index contributed by atoms with van der Waals surface area (Å²) in [6.07, 6.45) is 20.5. The van der Waals surface area contributed by atoms with Crippen LogP contribution in [0, 0.1) is 0 Å². The second kappa shape index (κ2) is 21.3. The van der Waals surface area contributed by atoms with Crippen LogP contribution >= 0.6 is 7.82 Å². The molecule has 0 aromatic heterocycles. The van der Waals surface area contributed by atoms with Crippen LogP contribution in [0.25, 0.3) is 0 Å². The van der Waals surface area contributed by atoms with E-state index in [4.69, 9.17) is 9.05 Å². The maximum absolute atomic E-state index is 11.9. The Morgan fingerprint density at radius 3 is 1.67 bits per heavy atom. The molecule has 2 atom stereocenters. The molecule has 0 aliphatic carbocycles. The van der Waals surface area contributed by atoms with Crippen molar-refractivity contribution in [3.8, 4) is 0 Å². The van der Waals surface area contributed by atoms with Crippen LogP contribution in [-0.2, 0) is 13.6 Å². The third kappa shape index (κ3) is 24.9. The highest BCUT2D eigenvalue weighted by atomic mass is 31.2. The monoisotopic (exact) mass is 492 g/mol. The van der Waals surface area contributed by atoms with Gasteiger partial charge in [-0.1, -0.05) is 97.3 Å². The molecule has 0 fully saturated rings. The highest BCUT2D eigenvalue weighted by Gasteiger charge is 2.13. The number of phosphoric acid groups is 1. The first kappa shape index (κ1) is 33.0. The average molecular weight is 493 g/mol. The molecule has 0 heterocycles. The van der Waals surface area contributed by atoms with Crippen molar-refractivity contribution in [1.29, 1.82) is 0 Å². The Hall–Kier alpha value is 0.0300. The number of phosphoric ester groups is 1. The van der Waals surface area contributed by atoms with E-state index in [1.165, 1.54) is 96.3 Å². The molecule has 7 heteroatoms. The fourth-order valence-electron chi connectivity index (χ4n) is 3.89. The van der Waals surface area contributed by atoms with Crippen LogP contribution < -0.4 is 10.2 Å². The lowest BCUT2D eigenvalue weighted by Gasteiger charge is -2.27. The van der Waals surface area contributed by atoms with E-state index < -0.39 is 7.82 Å². The first-order valence-electron chi connectivity index (χ1n) is 13.8. The van der Waals surface area contributed by atoms with Crippen LogP contribution in [-0.4, -0.2) is 58.0 Å². The van der Waals surface area contributed by atoms with E-state index in [0.717, 1.165) is 6.54 Å². The highest BCUT2D eigenvalue weighted by Crippen LogP contribution is 2.38. The van der Waals surface area contributed by atoms with Gasteiger partial charge in [0, 0.05) is 6.04 Å². The molecule has 1 N–H and O–H groups in total. The number of unbranched alkanes of at least 4 members (excludes halogenated alkanes) is 11. The van der Waals surface area contributed by atoms with Gasteiger partial charge in [-0.25, -0.2) is 0 Å². The molecule has 0 aliphatic heterocycles. The quantitative estimate of drug-likeness (QED) is 0.0903. The molecule has 0 aliphatic rings. The van der Waals surface area contributed by atoms with E-state index in [2.05, 4.69) is 19.2 Å². The first-order chi connectivity index (χ1) is 15.7. The Kier molecular flexibility index (Phi) is 21.3. The van der Waals surface area contributed by atoms with Gasteiger partial charge in [0.25, 0.3) is 7.82 Å². The lowest BCUT2D eigenvalue weighted by Crippen LogP contribution is -2.37. The molecule has 200 valence electrons. The second-order valence-corrected chi connectivity index (χ2v) is 12.0. The summed E-state index contributed by atoms with van der Waals surface area (Å²) in [6, 6.07) is 0.534. The molecule has 0 saturated carbocycles. The average Bonchev–Trinajstić information content (AvgIpc) is 2.73. The third-order valence-corrected chi connectivity index (χ3v) is 7.07. The molecule has 33 heavy (non-hydrogen) atoms. The maximum Gasteiger partial charge on any atom is 0.268 e. The number of nitrogens with zero attached hydrogens (tertiary/aromatic N) is 1. The van der Waals surface area contributed by atoms with Gasteiger partial charge in [-0.2, -0.15) is 0 Å². The zero-order valence-electron chi connectivity index (χ0n) is 22.7. The molecule has 0 radical (unpaired) electrons. The van der Waals surface area contributed by atoms with Crippen LogP contribution in [0.5, 0.6) is 0 Å². The molecule has 6 nitrogen and oxygen atoms in total. The van der Waals surface area contributed by atoms with Crippen LogP contribution in [0.2, 0.25) is 0 Å². The molecule has 0 rings (SSSR count). The molecule has 0 aromatic rings. The fourth-order valence-corrected chi connectivity index (χ4v) is 4.62. The number of hydrogen-bond acceptors (Lipinski definition) is 5. The van der Waals surface area contributed by atoms with E-state index in [1.807, 2.05) is 21.1 Å². The molecule has 0 saturated heterocycles. The number of quaternary nitrogens is 1. The second-order valence-electron chi connectivity index (χ2n) is 10.6. The Morgan fingerprint density at radius 1 is 0.727 bits per heavy atom. The van der Waals surface area contributed by atoms with Crippen molar-refractivity contribution < 1.29 is 23.0 Å². The van der Waals surface area contributed by atoms with Crippen molar-refractivity contribution in [3.05, 3.63) is 0 Å². The van der Waals surface area contributed by atoms with Gasteiger partial charge in [0.05, 0.1) is 27.7 Å². The summed E-state index contributed by atoms with van der Waals surface area (Å²) in [5, 5.41) is 3.66. The van der Waals surface area contributed by atoms with Gasteiger partial charge in [0.1, 0.15) is 13.2 Å². The van der Waals surface area contributed by atoms with Crippen molar-refractivity contribution >= 4 is 7.82 Å². The normalized spacial score (nSPS) is 15.0. The molecule has 0 bridgehead atoms. The lowest BCUT2D eigenvalue weighted by molar-refractivity contribution is -0.870. The summed E-state index contributed by atoms with van der Waals surface area (Å²) in [4.78, 5) is 11.9. The summed E-state index contributed by atoms with van der Waals surface area (Å²) >= 11 is 0. The number of likely N-dealkylation sites (N-methyl/N-ethyl adjacent to an activating group) is 1. The van der Waals surface area contributed by atoms with Gasteiger partial charge in [-0.05, 0) is 25.8 Å². The summed E-state index contributed by atoms with van der Waals surface area (Å²) < 4.78 is 22.5. The Labute approximate surface area is 206 Å². The van der Waals surface area contributed by atoms with Gasteiger partial charge in [-0.3, -0.25) is 4.57 Å². The SMILES string of the molecule is CCCCCCCCCCC(CCCCCCC)NCCCOP(=O)([O-])OCC[N+](C)(C)C. The van der Waals surface area contributed by atoms with Crippen molar-refractivity contribution in [2.45, 2.75) is 123 Å². The summed E-state index contributed by atoms with van der Waals surface area (Å²) in [5.41, 5.74) is 0. The van der Waals surface area contributed by atoms with Gasteiger partial charge in [-0.15, -0.1) is 0 Å². The number of hydrogen-bond donors (Lipinski definition) is 1. The highest BCUT2D eigenvalue weighted by molar-refractivity contribution is 7.45. The van der Waals surface area contributed by atoms with E-state index >= 15 is 0 Å². The van der Waals surface area contributed by atoms with Gasteiger partial charge in [0.2, 0.25) is 0 Å². The van der Waals surface area contributed by atoms with E-state index in [0.29, 0.717) is 23.5 Å². The van der Waals surface area contributed by atoms with Crippen molar-refractivity contribution in [2.24, 2.45) is 0 Å². The molecular weight excluding hydrogens is 435 g/mol. The zero-order valence-corrected chi connectivity index (χ0v) is 23.6. The van der Waals surface area contributed by atoms with Gasteiger partial charge in [0.15, 0.2) is 0 Å². The van der Waals surface area contributed by atoms with E-state index in [-0.39, 0.29) is 13.2 Å². The maximum atomic E-state index is 11.9. The minimum Gasteiger partial charge on any atom is -0.756 e. The summed E-state index contributed by atoms with van der Waals surface area (Å²) in [7, 11) is 1.80.